The lowest BCUT2D eigenvalue weighted by Crippen LogP contribution is -2.34. The Morgan fingerprint density at radius 1 is 0.886 bits per heavy atom. The fourth-order valence-electron chi connectivity index (χ4n) is 7.59. The minimum atomic E-state index is -0.996. The quantitative estimate of drug-likeness (QED) is 0.572. The molecular weight excluding hydrogens is 448 g/mol. The van der Waals surface area contributed by atoms with Crippen LogP contribution in [-0.2, 0) is 23.9 Å². The highest BCUT2D eigenvalue weighted by atomic mass is 16.5. The number of hydrogen-bond donors (Lipinski definition) is 2. The second kappa shape index (κ2) is 9.95. The minimum Gasteiger partial charge on any atom is -0.481 e. The van der Waals surface area contributed by atoms with Crippen LogP contribution in [-0.4, -0.2) is 45.9 Å². The number of ether oxygens (including phenoxy) is 1. The van der Waals surface area contributed by atoms with Crippen molar-refractivity contribution in [3.63, 3.8) is 0 Å². The highest BCUT2D eigenvalue weighted by molar-refractivity contribution is 5.95. The predicted octanol–water partition coefficient (Wildman–Crippen LogP) is 4.09. The maximum absolute atomic E-state index is 13.7. The number of rotatable bonds is 4. The molecular formula is C28H40O7. The van der Waals surface area contributed by atoms with Crippen molar-refractivity contribution >= 4 is 23.5 Å². The first kappa shape index (κ1) is 24.9. The Labute approximate surface area is 207 Å². The Morgan fingerprint density at radius 3 is 2.26 bits per heavy atom. The molecule has 0 aromatic heterocycles. The summed E-state index contributed by atoms with van der Waals surface area (Å²) in [5.74, 6) is -1.90. The molecule has 0 saturated heterocycles. The van der Waals surface area contributed by atoms with E-state index < -0.39 is 35.2 Å². The van der Waals surface area contributed by atoms with E-state index in [1.54, 1.807) is 0 Å². The lowest BCUT2D eigenvalue weighted by atomic mass is 9.78. The molecule has 0 spiro atoms. The number of ketones is 2. The molecule has 5 rings (SSSR count). The van der Waals surface area contributed by atoms with Gasteiger partial charge in [-0.15, -0.1) is 0 Å². The number of carboxylic acid groups (broad SMARTS) is 1. The summed E-state index contributed by atoms with van der Waals surface area (Å²) < 4.78 is 5.73. The zero-order valence-corrected chi connectivity index (χ0v) is 20.7. The van der Waals surface area contributed by atoms with Gasteiger partial charge in [-0.25, -0.2) is 0 Å². The molecule has 0 radical (unpaired) electrons. The van der Waals surface area contributed by atoms with Crippen LogP contribution < -0.4 is 0 Å². The van der Waals surface area contributed by atoms with Crippen molar-refractivity contribution in [3.8, 4) is 0 Å². The van der Waals surface area contributed by atoms with Crippen LogP contribution in [0.2, 0.25) is 0 Å². The van der Waals surface area contributed by atoms with Crippen molar-refractivity contribution in [3.05, 3.63) is 0 Å². The van der Waals surface area contributed by atoms with Gasteiger partial charge in [-0.05, 0) is 69.1 Å². The maximum atomic E-state index is 13.7. The van der Waals surface area contributed by atoms with Gasteiger partial charge < -0.3 is 14.9 Å². The van der Waals surface area contributed by atoms with E-state index >= 15 is 0 Å². The van der Waals surface area contributed by atoms with E-state index in [-0.39, 0.29) is 55.2 Å². The van der Waals surface area contributed by atoms with E-state index in [0.717, 1.165) is 51.4 Å². The summed E-state index contributed by atoms with van der Waals surface area (Å²) in [5, 5.41) is 20.3. The monoisotopic (exact) mass is 488 g/mol. The number of Topliss-reactive ketones (excluding diaryl/α,β-unsaturated/α-hetero) is 2. The first-order valence-corrected chi connectivity index (χ1v) is 13.9. The largest absolute Gasteiger partial charge is 0.481 e. The van der Waals surface area contributed by atoms with Gasteiger partial charge in [0.25, 0.3) is 0 Å². The molecule has 0 aliphatic heterocycles. The molecule has 9 atom stereocenters. The summed E-state index contributed by atoms with van der Waals surface area (Å²) in [6, 6.07) is 0. The lowest BCUT2D eigenvalue weighted by molar-refractivity contribution is -0.152. The van der Waals surface area contributed by atoms with Gasteiger partial charge in [0, 0.05) is 24.2 Å². The lowest BCUT2D eigenvalue weighted by Gasteiger charge is -2.24. The van der Waals surface area contributed by atoms with Gasteiger partial charge in [0.2, 0.25) is 0 Å². The Balaban J connectivity index is 1.29. The van der Waals surface area contributed by atoms with Crippen LogP contribution in [0, 0.1) is 40.9 Å². The number of aliphatic carboxylic acids is 1. The summed E-state index contributed by atoms with van der Waals surface area (Å²) in [5.41, 5.74) is -0.996. The molecule has 0 bridgehead atoms. The van der Waals surface area contributed by atoms with Crippen LogP contribution in [0.25, 0.3) is 0 Å². The van der Waals surface area contributed by atoms with Crippen LogP contribution in [0.15, 0.2) is 0 Å². The summed E-state index contributed by atoms with van der Waals surface area (Å²) in [4.78, 5) is 51.9. The van der Waals surface area contributed by atoms with Crippen LogP contribution in [0.3, 0.4) is 0 Å². The fraction of sp³-hybridized carbons (Fsp3) is 0.857. The molecule has 7 heteroatoms. The second-order valence-electron chi connectivity index (χ2n) is 12.3. The molecule has 0 amide bonds. The second-order valence-corrected chi connectivity index (χ2v) is 12.3. The number of carbonyl (C=O) groups excluding carboxylic acids is 3. The Morgan fingerprint density at radius 2 is 1.54 bits per heavy atom. The molecule has 0 aromatic carbocycles. The fourth-order valence-corrected chi connectivity index (χ4v) is 7.59. The van der Waals surface area contributed by atoms with E-state index in [1.807, 2.05) is 0 Å². The van der Waals surface area contributed by atoms with E-state index in [0.29, 0.717) is 24.7 Å². The average Bonchev–Trinajstić information content (AvgIpc) is 3.61. The summed E-state index contributed by atoms with van der Waals surface area (Å²) in [6.07, 6.45) is 9.52. The predicted molar refractivity (Wildman–Crippen MR) is 126 cm³/mol. The Hall–Kier alpha value is -1.76. The van der Waals surface area contributed by atoms with Gasteiger partial charge >= 0.3 is 11.9 Å². The third kappa shape index (κ3) is 5.35. The number of fused-ring (bicyclic) bond motifs is 3. The summed E-state index contributed by atoms with van der Waals surface area (Å²) in [6.45, 7) is 0. The van der Waals surface area contributed by atoms with Crippen LogP contribution in [0.1, 0.15) is 96.3 Å². The highest BCUT2D eigenvalue weighted by Gasteiger charge is 2.61. The van der Waals surface area contributed by atoms with Gasteiger partial charge in [-0.1, -0.05) is 32.1 Å². The number of carboxylic acids is 1. The van der Waals surface area contributed by atoms with Gasteiger partial charge in [0.15, 0.2) is 0 Å². The number of carbonyl (C=O) groups is 4. The number of aliphatic hydroxyl groups is 1. The normalized spacial score (nSPS) is 43.8. The SMILES string of the molecule is O=C(C[C@H]1CCCCCCC[C@@H]2C[C@@]2(C(=O)O)CC(=O)[C@@H]2C[C@@H](O)CC2C1=O)OC1C[C@@H]2C[C@@H]2C1. The minimum absolute atomic E-state index is 0.0232. The van der Waals surface area contributed by atoms with E-state index in [1.165, 1.54) is 6.42 Å². The third-order valence-corrected chi connectivity index (χ3v) is 9.88. The van der Waals surface area contributed by atoms with Crippen molar-refractivity contribution in [2.45, 2.75) is 109 Å². The van der Waals surface area contributed by atoms with Gasteiger partial charge in [0.05, 0.1) is 17.9 Å². The van der Waals surface area contributed by atoms with E-state index in [4.69, 9.17) is 4.74 Å². The summed E-state index contributed by atoms with van der Waals surface area (Å²) >= 11 is 0. The number of esters is 1. The van der Waals surface area contributed by atoms with Gasteiger partial charge in [0.1, 0.15) is 17.7 Å². The molecule has 5 saturated carbocycles. The molecule has 7 nitrogen and oxygen atoms in total. The Bertz CT molecular complexity index is 857. The molecule has 0 heterocycles. The van der Waals surface area contributed by atoms with Crippen molar-refractivity contribution in [1.29, 1.82) is 0 Å². The molecule has 35 heavy (non-hydrogen) atoms. The molecule has 0 aromatic rings. The van der Waals surface area contributed by atoms with Crippen LogP contribution >= 0.6 is 0 Å². The zero-order chi connectivity index (χ0) is 24.7. The standard InChI is InChI=1S/C28H40O7/c29-20-12-22-23(13-20)26(32)16(11-25(31)35-21-9-17-8-18(17)10-21)6-4-2-1-3-5-7-19-14-28(19,27(33)34)15-24(22)30/h16-23,29H,1-15H2,(H,33,34)/t16-,17-,18+,19-,20-,21?,22-,23?,28-/m1/s1. The molecule has 5 aliphatic rings. The van der Waals surface area contributed by atoms with Gasteiger partial charge in [-0.3, -0.25) is 19.2 Å². The number of hydrogen-bond acceptors (Lipinski definition) is 6. The third-order valence-electron chi connectivity index (χ3n) is 9.88. The van der Waals surface area contributed by atoms with Crippen LogP contribution in [0.5, 0.6) is 0 Å². The van der Waals surface area contributed by atoms with Crippen molar-refractivity contribution in [2.24, 2.45) is 40.9 Å². The first-order chi connectivity index (χ1) is 16.8. The molecule has 5 aliphatic carbocycles. The van der Waals surface area contributed by atoms with Crippen molar-refractivity contribution < 1.29 is 34.1 Å². The Kier molecular flexibility index (Phi) is 7.08. The van der Waals surface area contributed by atoms with Crippen molar-refractivity contribution in [2.75, 3.05) is 0 Å². The molecule has 2 N–H and O–H groups in total. The van der Waals surface area contributed by atoms with Crippen LogP contribution in [0.4, 0.5) is 0 Å². The van der Waals surface area contributed by atoms with Crippen molar-refractivity contribution in [1.82, 2.24) is 0 Å². The zero-order valence-electron chi connectivity index (χ0n) is 20.7. The molecule has 2 unspecified atom stereocenters. The average molecular weight is 489 g/mol. The highest BCUT2D eigenvalue weighted by Crippen LogP contribution is 2.59. The maximum Gasteiger partial charge on any atom is 0.310 e. The topological polar surface area (TPSA) is 118 Å². The molecule has 5 fully saturated rings. The van der Waals surface area contributed by atoms with E-state index in [9.17, 15) is 29.4 Å². The smallest absolute Gasteiger partial charge is 0.310 e. The number of aliphatic hydroxyl groups excluding tert-OH is 1. The molecule has 194 valence electrons. The van der Waals surface area contributed by atoms with E-state index in [2.05, 4.69) is 0 Å². The van der Waals surface area contributed by atoms with Gasteiger partial charge in [-0.2, -0.15) is 0 Å². The first-order valence-electron chi connectivity index (χ1n) is 13.9. The summed E-state index contributed by atoms with van der Waals surface area (Å²) in [7, 11) is 0.